The molecule has 2 aliphatic heterocycles. The zero-order valence-electron chi connectivity index (χ0n) is 10.5. The Hall–Kier alpha value is -0.892. The predicted molar refractivity (Wildman–Crippen MR) is 63.5 cm³/mol. The van der Waals surface area contributed by atoms with E-state index in [1.807, 2.05) is 11.0 Å². The maximum atomic E-state index is 13.2. The Morgan fingerprint density at radius 3 is 2.74 bits per heavy atom. The molecule has 0 bridgehead atoms. The van der Waals surface area contributed by atoms with Crippen molar-refractivity contribution in [1.82, 2.24) is 4.90 Å². The zero-order chi connectivity index (χ0) is 13.8. The summed E-state index contributed by atoms with van der Waals surface area (Å²) in [7, 11) is 0. The molecular weight excluding hydrogens is 428 g/mol. The predicted octanol–water partition coefficient (Wildman–Crippen LogP) is 2.92. The fraction of sp³-hybridized carbons (Fsp3) is 0.500. The maximum absolute atomic E-state index is 13.2. The van der Waals surface area contributed by atoms with Gasteiger partial charge in [-0.2, -0.15) is 0 Å². The van der Waals surface area contributed by atoms with Gasteiger partial charge in [0.2, 0.25) is 5.91 Å². The van der Waals surface area contributed by atoms with Gasteiger partial charge in [-0.1, -0.05) is 12.1 Å². The van der Waals surface area contributed by atoms with Gasteiger partial charge in [0.15, 0.2) is 0 Å². The normalized spacial score (nSPS) is 25.6. The third-order valence-corrected chi connectivity index (χ3v) is 3.95. The quantitative estimate of drug-likeness (QED) is 0.668. The molecule has 3 nitrogen and oxygen atoms in total. The Labute approximate surface area is 123 Å². The van der Waals surface area contributed by atoms with Crippen LogP contribution in [0, 0.1) is 5.82 Å². The molecule has 1 aromatic rings. The Morgan fingerprint density at radius 1 is 1.21 bits per heavy atom. The average Bonchev–Trinajstić information content (AvgIpc) is 2.86. The van der Waals surface area contributed by atoms with Crippen molar-refractivity contribution in [3.8, 4) is 0 Å². The topological polar surface area (TPSA) is 37.4 Å². The summed E-state index contributed by atoms with van der Waals surface area (Å²) in [6, 6.07) is 7.17. The second kappa shape index (κ2) is 6.51. The van der Waals surface area contributed by atoms with Crippen molar-refractivity contribution in [1.29, 1.82) is 0 Å². The molecule has 5 heteroatoms. The van der Waals surface area contributed by atoms with Crippen LogP contribution in [0.5, 0.6) is 0 Å². The van der Waals surface area contributed by atoms with E-state index in [1.54, 1.807) is 12.1 Å². The monoisotopic (exact) mass is 444 g/mol. The average molecular weight is 444 g/mol. The molecule has 2 atom stereocenters. The van der Waals surface area contributed by atoms with Crippen LogP contribution in [0.2, 0.25) is 0 Å². The Bertz CT molecular complexity index is 469. The van der Waals surface area contributed by atoms with Gasteiger partial charge >= 0.3 is 23.2 Å². The van der Waals surface area contributed by atoms with Gasteiger partial charge in [-0.3, -0.25) is 4.79 Å². The second-order valence-corrected chi connectivity index (χ2v) is 5.00. The van der Waals surface area contributed by atoms with Crippen molar-refractivity contribution >= 4 is 5.91 Å². The molecule has 2 fully saturated rings. The number of carbonyl (C=O) groups excluding carboxylic acids is 1. The molecule has 0 aliphatic carbocycles. The van der Waals surface area contributed by atoms with Crippen molar-refractivity contribution in [2.75, 3.05) is 0 Å². The van der Waals surface area contributed by atoms with Crippen LogP contribution >= 0.6 is 0 Å². The van der Waals surface area contributed by atoms with Crippen LogP contribution < -0.4 is 0 Å². The van der Waals surface area contributed by atoms with Gasteiger partial charge in [0.05, 0.1) is 6.04 Å². The van der Waals surface area contributed by atoms with Crippen LogP contribution in [0.15, 0.2) is 24.3 Å². The molecule has 3 rings (SSSR count). The van der Waals surface area contributed by atoms with Gasteiger partial charge < -0.3 is 4.90 Å². The zero-order valence-corrected chi connectivity index (χ0v) is 12.7. The fourth-order valence-electron chi connectivity index (χ4n) is 3.20. The molecule has 106 valence electrons. The molecule has 0 spiro atoms. The number of hydrogen-bond donors (Lipinski definition) is 0. The SMILES string of the molecule is O=C1CCC[C@H]2CC[C@@H](c3cccc(F)c3)N12.[O]=[Pt]. The molecule has 0 saturated carbocycles. The van der Waals surface area contributed by atoms with E-state index in [4.69, 9.17) is 3.40 Å². The molecule has 2 saturated heterocycles. The van der Waals surface area contributed by atoms with Crippen molar-refractivity contribution < 1.29 is 32.4 Å². The van der Waals surface area contributed by atoms with E-state index in [1.165, 1.54) is 6.07 Å². The molecule has 0 unspecified atom stereocenters. The van der Waals surface area contributed by atoms with Gasteiger partial charge in [0.1, 0.15) is 5.82 Å². The van der Waals surface area contributed by atoms with Crippen molar-refractivity contribution in [2.45, 2.75) is 44.2 Å². The van der Waals surface area contributed by atoms with Crippen LogP contribution in [0.25, 0.3) is 0 Å². The van der Waals surface area contributed by atoms with E-state index in [0.717, 1.165) is 51.0 Å². The third kappa shape index (κ3) is 3.00. The summed E-state index contributed by atoms with van der Waals surface area (Å²) in [6.07, 6.45) is 4.81. The standard InChI is InChI=1S/C14H16FNO.O.Pt/c15-11-4-1-3-10(9-11)13-8-7-12-5-2-6-14(17)16(12)13;;/h1,3-4,9,12-13H,2,5-8H2;;/t12-,13-;;/m0../s1. The third-order valence-electron chi connectivity index (χ3n) is 3.95. The molecule has 19 heavy (non-hydrogen) atoms. The molecule has 0 aromatic heterocycles. The van der Waals surface area contributed by atoms with Gasteiger partial charge in [-0.05, 0) is 43.4 Å². The molecular formula is C14H16FNO2Pt. The Balaban J connectivity index is 0.000000637. The number of fused-ring (bicyclic) bond motifs is 1. The first-order valence-corrected chi connectivity index (χ1v) is 7.38. The summed E-state index contributed by atoms with van der Waals surface area (Å²) in [4.78, 5) is 14.0. The Kier molecular flexibility index (Phi) is 4.98. The number of benzene rings is 1. The number of piperidine rings is 1. The minimum absolute atomic E-state index is 0.100. The van der Waals surface area contributed by atoms with Gasteiger partial charge in [0.25, 0.3) is 0 Å². The first-order chi connectivity index (χ1) is 9.25. The van der Waals surface area contributed by atoms with Crippen LogP contribution in [0.3, 0.4) is 0 Å². The molecule has 1 amide bonds. The van der Waals surface area contributed by atoms with Gasteiger partial charge in [-0.15, -0.1) is 0 Å². The fourth-order valence-corrected chi connectivity index (χ4v) is 3.20. The summed E-state index contributed by atoms with van der Waals surface area (Å²) in [5.41, 5.74) is 0.947. The van der Waals surface area contributed by atoms with E-state index >= 15 is 0 Å². The van der Waals surface area contributed by atoms with Crippen LogP contribution in [0.1, 0.15) is 43.7 Å². The van der Waals surface area contributed by atoms with E-state index in [0.29, 0.717) is 12.5 Å². The molecule has 0 N–H and O–H groups in total. The number of nitrogens with zero attached hydrogens (tertiary/aromatic N) is 1. The van der Waals surface area contributed by atoms with Gasteiger partial charge in [-0.25, -0.2) is 4.39 Å². The van der Waals surface area contributed by atoms with Gasteiger partial charge in [0, 0.05) is 12.5 Å². The van der Waals surface area contributed by atoms with Crippen molar-refractivity contribution in [3.05, 3.63) is 35.6 Å². The first kappa shape index (κ1) is 14.5. The van der Waals surface area contributed by atoms with Crippen LogP contribution in [-0.4, -0.2) is 16.8 Å². The van der Waals surface area contributed by atoms with Crippen molar-refractivity contribution in [2.24, 2.45) is 0 Å². The summed E-state index contributed by atoms with van der Waals surface area (Å²) in [5, 5.41) is 0. The van der Waals surface area contributed by atoms with Crippen LogP contribution in [-0.2, 0) is 28.0 Å². The van der Waals surface area contributed by atoms with Crippen molar-refractivity contribution in [3.63, 3.8) is 0 Å². The number of halogens is 1. The molecule has 2 aliphatic rings. The number of hydrogen-bond acceptors (Lipinski definition) is 2. The molecule has 2 heterocycles. The summed E-state index contributed by atoms with van der Waals surface area (Å²) in [6.45, 7) is 0. The summed E-state index contributed by atoms with van der Waals surface area (Å²) in [5.74, 6) is 0.0309. The van der Waals surface area contributed by atoms with E-state index in [-0.39, 0.29) is 17.8 Å². The minimum atomic E-state index is -0.213. The molecule has 1 aromatic carbocycles. The summed E-state index contributed by atoms with van der Waals surface area (Å²) >= 11 is 0.889. The number of rotatable bonds is 1. The molecule has 0 radical (unpaired) electrons. The van der Waals surface area contributed by atoms with E-state index in [2.05, 4.69) is 0 Å². The second-order valence-electron chi connectivity index (χ2n) is 5.00. The summed E-state index contributed by atoms with van der Waals surface area (Å²) < 4.78 is 21.5. The number of amides is 1. The van der Waals surface area contributed by atoms with E-state index in [9.17, 15) is 9.18 Å². The van der Waals surface area contributed by atoms with E-state index < -0.39 is 0 Å². The van der Waals surface area contributed by atoms with Crippen LogP contribution in [0.4, 0.5) is 4.39 Å². The first-order valence-electron chi connectivity index (χ1n) is 6.45. The number of carbonyl (C=O) groups is 1. The Morgan fingerprint density at radius 2 is 2.00 bits per heavy atom.